The molecular formula is C18H18N2O5. The van der Waals surface area contributed by atoms with Crippen LogP contribution in [0, 0.1) is 0 Å². The highest BCUT2D eigenvalue weighted by Crippen LogP contribution is 2.15. The molecule has 2 aromatic rings. The van der Waals surface area contributed by atoms with Gasteiger partial charge in [0, 0.05) is 18.3 Å². The Balaban J connectivity index is 1.93. The third-order valence-electron chi connectivity index (χ3n) is 3.21. The van der Waals surface area contributed by atoms with Crippen molar-refractivity contribution in [2.45, 2.75) is 20.0 Å². The van der Waals surface area contributed by atoms with Gasteiger partial charge in [0.05, 0.1) is 5.56 Å². The number of nitrogens with one attached hydrogen (secondary N) is 2. The van der Waals surface area contributed by atoms with Crippen LogP contribution >= 0.6 is 0 Å². The minimum absolute atomic E-state index is 0.0641. The lowest BCUT2D eigenvalue weighted by atomic mass is 10.2. The zero-order valence-corrected chi connectivity index (χ0v) is 13.8. The molecule has 0 fully saturated rings. The highest BCUT2D eigenvalue weighted by atomic mass is 16.5. The lowest BCUT2D eigenvalue weighted by Gasteiger charge is -2.14. The fourth-order valence-corrected chi connectivity index (χ4v) is 2.00. The number of ether oxygens (including phenoxy) is 1. The third kappa shape index (κ3) is 5.35. The summed E-state index contributed by atoms with van der Waals surface area (Å²) in [6, 6.07) is 12.2. The van der Waals surface area contributed by atoms with Crippen molar-refractivity contribution in [3.8, 4) is 5.75 Å². The molecule has 0 heterocycles. The Bertz CT molecular complexity index is 786. The number of amides is 2. The Kier molecular flexibility index (Phi) is 5.73. The second-order valence-corrected chi connectivity index (χ2v) is 5.35. The van der Waals surface area contributed by atoms with E-state index in [1.54, 1.807) is 24.3 Å². The Morgan fingerprint density at radius 1 is 1.00 bits per heavy atom. The molecule has 2 aromatic carbocycles. The fourth-order valence-electron chi connectivity index (χ4n) is 2.00. The van der Waals surface area contributed by atoms with Crippen LogP contribution in [0.1, 0.15) is 24.2 Å². The average Bonchev–Trinajstić information content (AvgIpc) is 2.56. The topological polar surface area (TPSA) is 105 Å². The molecular weight excluding hydrogens is 324 g/mol. The number of esters is 1. The zero-order chi connectivity index (χ0) is 18.4. The molecule has 0 aliphatic rings. The molecule has 0 saturated carbocycles. The van der Waals surface area contributed by atoms with Gasteiger partial charge in [-0.3, -0.25) is 9.59 Å². The van der Waals surface area contributed by atoms with E-state index in [9.17, 15) is 19.5 Å². The fraction of sp³-hybridized carbons (Fsp3) is 0.167. The van der Waals surface area contributed by atoms with E-state index in [4.69, 9.17) is 4.74 Å². The molecule has 0 unspecified atom stereocenters. The number of phenolic OH excluding ortho intramolecular Hbond substituents is 1. The summed E-state index contributed by atoms with van der Waals surface area (Å²) in [5, 5.41) is 14.6. The number of benzene rings is 2. The highest BCUT2D eigenvalue weighted by molar-refractivity contribution is 5.97. The van der Waals surface area contributed by atoms with E-state index in [1.165, 1.54) is 38.1 Å². The number of hydrogen-bond acceptors (Lipinski definition) is 5. The van der Waals surface area contributed by atoms with Gasteiger partial charge < -0.3 is 20.5 Å². The number of carbonyl (C=O) groups excluding carboxylic acids is 3. The molecule has 0 bridgehead atoms. The lowest BCUT2D eigenvalue weighted by molar-refractivity contribution is -0.123. The van der Waals surface area contributed by atoms with Crippen molar-refractivity contribution in [2.24, 2.45) is 0 Å². The number of aromatic hydroxyl groups is 1. The standard InChI is InChI=1S/C18H18N2O5/c1-11(25-18(24)13-4-3-5-16(22)10-13)17(23)20-15-8-6-14(7-9-15)19-12(2)21/h3-11,22H,1-2H3,(H,19,21)(H,20,23)/t11-/m1/s1. The summed E-state index contributed by atoms with van der Waals surface area (Å²) in [6.07, 6.45) is -1.02. The van der Waals surface area contributed by atoms with E-state index in [2.05, 4.69) is 10.6 Å². The molecule has 130 valence electrons. The highest BCUT2D eigenvalue weighted by Gasteiger charge is 2.19. The molecule has 0 radical (unpaired) electrons. The van der Waals surface area contributed by atoms with Gasteiger partial charge in [-0.2, -0.15) is 0 Å². The van der Waals surface area contributed by atoms with Gasteiger partial charge in [0.2, 0.25) is 5.91 Å². The van der Waals surface area contributed by atoms with Gasteiger partial charge in [-0.15, -0.1) is 0 Å². The third-order valence-corrected chi connectivity index (χ3v) is 3.21. The van der Waals surface area contributed by atoms with Crippen LogP contribution in [-0.4, -0.2) is 29.0 Å². The molecule has 3 N–H and O–H groups in total. The van der Waals surface area contributed by atoms with E-state index in [1.807, 2.05) is 0 Å². The van der Waals surface area contributed by atoms with Crippen LogP contribution in [0.4, 0.5) is 11.4 Å². The SMILES string of the molecule is CC(=O)Nc1ccc(NC(=O)[C@@H](C)OC(=O)c2cccc(O)c2)cc1. The molecule has 25 heavy (non-hydrogen) atoms. The average molecular weight is 342 g/mol. The molecule has 2 rings (SSSR count). The second kappa shape index (κ2) is 7.96. The summed E-state index contributed by atoms with van der Waals surface area (Å²) in [4.78, 5) is 35.0. The Hall–Kier alpha value is -3.35. The van der Waals surface area contributed by atoms with Crippen LogP contribution in [0.2, 0.25) is 0 Å². The maximum Gasteiger partial charge on any atom is 0.339 e. The molecule has 0 spiro atoms. The molecule has 0 aliphatic carbocycles. The summed E-state index contributed by atoms with van der Waals surface area (Å²) >= 11 is 0. The summed E-state index contributed by atoms with van der Waals surface area (Å²) in [5.41, 5.74) is 1.26. The van der Waals surface area contributed by atoms with Gasteiger partial charge in [-0.1, -0.05) is 6.07 Å². The Morgan fingerprint density at radius 2 is 1.60 bits per heavy atom. The predicted molar refractivity (Wildman–Crippen MR) is 92.4 cm³/mol. The van der Waals surface area contributed by atoms with Crippen molar-refractivity contribution in [3.63, 3.8) is 0 Å². The maximum absolute atomic E-state index is 12.1. The van der Waals surface area contributed by atoms with E-state index >= 15 is 0 Å². The molecule has 7 heteroatoms. The van der Waals surface area contributed by atoms with Gasteiger partial charge in [-0.25, -0.2) is 4.79 Å². The summed E-state index contributed by atoms with van der Waals surface area (Å²) in [6.45, 7) is 2.85. The number of phenols is 1. The predicted octanol–water partition coefficient (Wildman–Crippen LogP) is 2.53. The Morgan fingerprint density at radius 3 is 2.16 bits per heavy atom. The Labute approximate surface area is 144 Å². The van der Waals surface area contributed by atoms with Crippen LogP contribution < -0.4 is 10.6 Å². The zero-order valence-electron chi connectivity index (χ0n) is 13.8. The van der Waals surface area contributed by atoms with Crippen molar-refractivity contribution in [1.29, 1.82) is 0 Å². The molecule has 0 saturated heterocycles. The van der Waals surface area contributed by atoms with Crippen LogP contribution in [0.25, 0.3) is 0 Å². The molecule has 2 amide bonds. The largest absolute Gasteiger partial charge is 0.508 e. The van der Waals surface area contributed by atoms with Crippen LogP contribution in [0.3, 0.4) is 0 Å². The first kappa shape index (κ1) is 18.0. The summed E-state index contributed by atoms with van der Waals surface area (Å²) in [7, 11) is 0. The van der Waals surface area contributed by atoms with Crippen molar-refractivity contribution < 1.29 is 24.2 Å². The number of rotatable bonds is 5. The van der Waals surface area contributed by atoms with E-state index in [-0.39, 0.29) is 17.2 Å². The lowest BCUT2D eigenvalue weighted by Crippen LogP contribution is -2.30. The first-order valence-corrected chi connectivity index (χ1v) is 7.53. The maximum atomic E-state index is 12.1. The summed E-state index contributed by atoms with van der Waals surface area (Å²) < 4.78 is 5.08. The van der Waals surface area contributed by atoms with Crippen LogP contribution in [0.15, 0.2) is 48.5 Å². The first-order chi connectivity index (χ1) is 11.8. The minimum atomic E-state index is -1.02. The van der Waals surface area contributed by atoms with Gasteiger partial charge in [0.1, 0.15) is 5.75 Å². The van der Waals surface area contributed by atoms with Gasteiger partial charge in [0.15, 0.2) is 6.10 Å². The van der Waals surface area contributed by atoms with Crippen molar-refractivity contribution in [3.05, 3.63) is 54.1 Å². The van der Waals surface area contributed by atoms with Gasteiger partial charge in [-0.05, 0) is 49.4 Å². The van der Waals surface area contributed by atoms with E-state index < -0.39 is 18.0 Å². The molecule has 1 atom stereocenters. The number of carbonyl (C=O) groups is 3. The van der Waals surface area contributed by atoms with Crippen LogP contribution in [0.5, 0.6) is 5.75 Å². The van der Waals surface area contributed by atoms with Crippen LogP contribution in [-0.2, 0) is 14.3 Å². The van der Waals surface area contributed by atoms with Gasteiger partial charge in [0.25, 0.3) is 5.91 Å². The quantitative estimate of drug-likeness (QED) is 0.724. The molecule has 0 aliphatic heterocycles. The van der Waals surface area contributed by atoms with Gasteiger partial charge >= 0.3 is 5.97 Å². The summed E-state index contributed by atoms with van der Waals surface area (Å²) in [5.74, 6) is -1.46. The minimum Gasteiger partial charge on any atom is -0.508 e. The second-order valence-electron chi connectivity index (χ2n) is 5.35. The van der Waals surface area contributed by atoms with Crippen molar-refractivity contribution >= 4 is 29.2 Å². The van der Waals surface area contributed by atoms with Crippen molar-refractivity contribution in [2.75, 3.05) is 10.6 Å². The van der Waals surface area contributed by atoms with Crippen molar-refractivity contribution in [1.82, 2.24) is 0 Å². The number of anilines is 2. The smallest absolute Gasteiger partial charge is 0.339 e. The number of hydrogen-bond donors (Lipinski definition) is 3. The molecule has 7 nitrogen and oxygen atoms in total. The first-order valence-electron chi connectivity index (χ1n) is 7.53. The van der Waals surface area contributed by atoms with E-state index in [0.717, 1.165) is 0 Å². The normalized spacial score (nSPS) is 11.3. The van der Waals surface area contributed by atoms with E-state index in [0.29, 0.717) is 11.4 Å². The molecule has 0 aromatic heterocycles. The monoisotopic (exact) mass is 342 g/mol.